The smallest absolute Gasteiger partial charge is 0.330 e. The Bertz CT molecular complexity index is 1090. The van der Waals surface area contributed by atoms with Crippen molar-refractivity contribution in [3.63, 3.8) is 0 Å². The van der Waals surface area contributed by atoms with Gasteiger partial charge in [0.05, 0.1) is 6.04 Å². The lowest BCUT2D eigenvalue weighted by molar-refractivity contribution is -0.149. The molecule has 1 aromatic rings. The molecule has 2 heterocycles. The monoisotopic (exact) mass is 526 g/mol. The Balaban J connectivity index is 1.96. The van der Waals surface area contributed by atoms with Crippen molar-refractivity contribution in [3.05, 3.63) is 56.4 Å². The predicted molar refractivity (Wildman–Crippen MR) is 135 cm³/mol. The topological polar surface area (TPSA) is 197 Å². The second-order valence-corrected chi connectivity index (χ2v) is 9.90. The van der Waals surface area contributed by atoms with E-state index in [9.17, 15) is 34.5 Å². The van der Waals surface area contributed by atoms with Gasteiger partial charge >= 0.3 is 11.7 Å². The molecule has 7 N–H and O–H groups in total. The van der Waals surface area contributed by atoms with E-state index < -0.39 is 59.7 Å². The quantitative estimate of drug-likeness (QED) is 0.152. The standard InChI is InChI=1S/C23H34N4O8S/c1-12(2)5-4-6-13(3)8-10-36-11-14(24)20(31)26-16(22(32)33)19-17(29)18(30)21(35-19)27-9-7-15(28)25-23(27)34/h5,7-9,14,16-19,21,29-30H,4,6,10-11,24H2,1-3H3,(H,26,31)(H,32,33)(H,25,28,34)/b13-8+/t14-,16-,17-,18+,19+,21+/m0/s1. The predicted octanol–water partition coefficient (Wildman–Crippen LogP) is -0.522. The summed E-state index contributed by atoms with van der Waals surface area (Å²) in [4.78, 5) is 49.7. The Labute approximate surface area is 212 Å². The van der Waals surface area contributed by atoms with Gasteiger partial charge in [0.1, 0.15) is 18.3 Å². The van der Waals surface area contributed by atoms with Crippen LogP contribution in [0.3, 0.4) is 0 Å². The highest BCUT2D eigenvalue weighted by Crippen LogP contribution is 2.30. The van der Waals surface area contributed by atoms with Gasteiger partial charge in [0.2, 0.25) is 5.91 Å². The van der Waals surface area contributed by atoms with Crippen molar-refractivity contribution >= 4 is 23.6 Å². The van der Waals surface area contributed by atoms with Gasteiger partial charge in [-0.2, -0.15) is 11.8 Å². The van der Waals surface area contributed by atoms with E-state index in [1.165, 1.54) is 22.9 Å². The van der Waals surface area contributed by atoms with Crippen molar-refractivity contribution in [2.45, 2.75) is 70.2 Å². The second-order valence-electron chi connectivity index (χ2n) is 8.83. The minimum atomic E-state index is -1.75. The van der Waals surface area contributed by atoms with Crippen LogP contribution < -0.4 is 22.3 Å². The maximum atomic E-state index is 12.5. The number of hydrogen-bond acceptors (Lipinski definition) is 9. The fourth-order valence-electron chi connectivity index (χ4n) is 3.53. The van der Waals surface area contributed by atoms with Crippen LogP contribution in [0.2, 0.25) is 0 Å². The van der Waals surface area contributed by atoms with E-state index >= 15 is 0 Å². The highest BCUT2D eigenvalue weighted by molar-refractivity contribution is 7.99. The number of aliphatic hydroxyl groups is 2. The Hall–Kier alpha value is -2.71. The molecule has 36 heavy (non-hydrogen) atoms. The number of nitrogens with one attached hydrogen (secondary N) is 2. The molecule has 200 valence electrons. The molecule has 1 aliphatic heterocycles. The number of rotatable bonds is 12. The summed E-state index contributed by atoms with van der Waals surface area (Å²) in [7, 11) is 0. The van der Waals surface area contributed by atoms with Crippen LogP contribution in [0.15, 0.2) is 45.2 Å². The number of thioether (sulfide) groups is 1. The minimum Gasteiger partial charge on any atom is -0.480 e. The van der Waals surface area contributed by atoms with Gasteiger partial charge in [-0.25, -0.2) is 9.59 Å². The fraction of sp³-hybridized carbons (Fsp3) is 0.565. The first kappa shape index (κ1) is 29.5. The van der Waals surface area contributed by atoms with Crippen LogP contribution in [-0.2, 0) is 14.3 Å². The number of aromatic nitrogens is 2. The number of nitrogens with two attached hydrogens (primary N) is 1. The van der Waals surface area contributed by atoms with Crippen molar-refractivity contribution in [2.75, 3.05) is 11.5 Å². The van der Waals surface area contributed by atoms with E-state index in [0.29, 0.717) is 5.75 Å². The Morgan fingerprint density at radius 2 is 1.94 bits per heavy atom. The number of aromatic amines is 1. The van der Waals surface area contributed by atoms with Crippen LogP contribution in [0.1, 0.15) is 39.8 Å². The number of aliphatic hydroxyl groups excluding tert-OH is 2. The molecule has 0 unspecified atom stereocenters. The van der Waals surface area contributed by atoms with E-state index in [1.54, 1.807) is 0 Å². The van der Waals surface area contributed by atoms with Crippen LogP contribution >= 0.6 is 11.8 Å². The van der Waals surface area contributed by atoms with Crippen molar-refractivity contribution in [3.8, 4) is 0 Å². The SMILES string of the molecule is CC(C)=CCC/C(C)=C/CSC[C@H](N)C(=O)N[C@H](C(=O)O)[C@H]1O[C@@H](n2ccc(=O)[nH]c2=O)[C@H](O)[C@@H]1O. The Morgan fingerprint density at radius 1 is 1.25 bits per heavy atom. The van der Waals surface area contributed by atoms with Crippen molar-refractivity contribution in [2.24, 2.45) is 5.73 Å². The van der Waals surface area contributed by atoms with Gasteiger partial charge in [-0.3, -0.25) is 19.1 Å². The summed E-state index contributed by atoms with van der Waals surface area (Å²) in [5.41, 5.74) is 6.80. The van der Waals surface area contributed by atoms with Gasteiger partial charge in [0.15, 0.2) is 12.3 Å². The highest BCUT2D eigenvalue weighted by Gasteiger charge is 2.50. The van der Waals surface area contributed by atoms with Crippen LogP contribution in [0.25, 0.3) is 0 Å². The van der Waals surface area contributed by atoms with Gasteiger partial charge < -0.3 is 31.1 Å². The number of amides is 1. The molecule has 1 aliphatic rings. The molecule has 0 aromatic carbocycles. The third-order valence-corrected chi connectivity index (χ3v) is 6.57. The minimum absolute atomic E-state index is 0.224. The van der Waals surface area contributed by atoms with Gasteiger partial charge in [0.25, 0.3) is 5.56 Å². The van der Waals surface area contributed by atoms with Crippen LogP contribution in [-0.4, -0.2) is 78.6 Å². The maximum Gasteiger partial charge on any atom is 0.330 e. The number of aliphatic carboxylic acids is 1. The van der Waals surface area contributed by atoms with Gasteiger partial charge in [-0.1, -0.05) is 23.3 Å². The number of carbonyl (C=O) groups is 2. The zero-order valence-electron chi connectivity index (χ0n) is 20.4. The number of carbonyl (C=O) groups excluding carboxylic acids is 1. The Kier molecular flexibility index (Phi) is 11.1. The molecule has 1 fully saturated rings. The summed E-state index contributed by atoms with van der Waals surface area (Å²) in [5, 5.41) is 32.6. The number of carboxylic acids is 1. The van der Waals surface area contributed by atoms with Crippen molar-refractivity contribution in [1.82, 2.24) is 14.9 Å². The Morgan fingerprint density at radius 3 is 2.56 bits per heavy atom. The lowest BCUT2D eigenvalue weighted by Gasteiger charge is -2.24. The van der Waals surface area contributed by atoms with E-state index in [0.717, 1.165) is 29.7 Å². The molecular formula is C23H34N4O8S. The summed E-state index contributed by atoms with van der Waals surface area (Å²) >= 11 is 1.41. The third-order valence-electron chi connectivity index (χ3n) is 5.57. The molecule has 1 aromatic heterocycles. The summed E-state index contributed by atoms with van der Waals surface area (Å²) < 4.78 is 6.27. The molecule has 0 spiro atoms. The molecular weight excluding hydrogens is 492 g/mol. The van der Waals surface area contributed by atoms with E-state index in [2.05, 4.69) is 17.5 Å². The number of nitrogens with zero attached hydrogens (tertiary/aromatic N) is 1. The number of ether oxygens (including phenoxy) is 1. The second kappa shape index (κ2) is 13.6. The van der Waals surface area contributed by atoms with Crippen molar-refractivity contribution in [1.29, 1.82) is 0 Å². The first-order valence-electron chi connectivity index (χ1n) is 11.4. The summed E-state index contributed by atoms with van der Waals surface area (Å²) in [6.07, 6.45) is 0.625. The van der Waals surface area contributed by atoms with Crippen molar-refractivity contribution < 1.29 is 29.6 Å². The number of allylic oxidation sites excluding steroid dienone is 3. The first-order chi connectivity index (χ1) is 16.9. The largest absolute Gasteiger partial charge is 0.480 e. The van der Waals surface area contributed by atoms with E-state index in [4.69, 9.17) is 10.5 Å². The van der Waals surface area contributed by atoms with Gasteiger partial charge in [-0.05, 0) is 33.6 Å². The lowest BCUT2D eigenvalue weighted by Crippen LogP contribution is -2.56. The number of H-pyrrole nitrogens is 1. The summed E-state index contributed by atoms with van der Waals surface area (Å²) in [6.45, 7) is 6.12. The van der Waals surface area contributed by atoms with Crippen LogP contribution in [0.4, 0.5) is 0 Å². The molecule has 0 radical (unpaired) electrons. The molecule has 1 saturated heterocycles. The summed E-state index contributed by atoms with van der Waals surface area (Å²) in [5.74, 6) is -1.43. The molecule has 1 amide bonds. The van der Waals surface area contributed by atoms with Gasteiger partial charge in [-0.15, -0.1) is 0 Å². The molecule has 2 rings (SSSR count). The average molecular weight is 527 g/mol. The number of carboxylic acid groups (broad SMARTS) is 1. The maximum absolute atomic E-state index is 12.5. The summed E-state index contributed by atoms with van der Waals surface area (Å²) in [6, 6.07) is -1.78. The highest BCUT2D eigenvalue weighted by atomic mass is 32.2. The molecule has 0 bridgehead atoms. The normalized spacial score (nSPS) is 23.7. The first-order valence-corrected chi connectivity index (χ1v) is 12.6. The van der Waals surface area contributed by atoms with Gasteiger partial charge in [0, 0.05) is 23.8 Å². The fourth-order valence-corrected chi connectivity index (χ4v) is 4.47. The zero-order valence-corrected chi connectivity index (χ0v) is 21.2. The molecule has 6 atom stereocenters. The number of hydrogen-bond donors (Lipinski definition) is 6. The zero-order chi connectivity index (χ0) is 27.0. The molecule has 13 heteroatoms. The average Bonchev–Trinajstić information content (AvgIpc) is 3.08. The lowest BCUT2D eigenvalue weighted by atomic mass is 10.0. The molecule has 0 saturated carbocycles. The van der Waals surface area contributed by atoms with E-state index in [-0.39, 0.29) is 5.75 Å². The van der Waals surface area contributed by atoms with Crippen LogP contribution in [0.5, 0.6) is 0 Å². The van der Waals surface area contributed by atoms with Crippen LogP contribution in [0, 0.1) is 0 Å². The van der Waals surface area contributed by atoms with E-state index in [1.807, 2.05) is 25.8 Å². The molecule has 0 aliphatic carbocycles. The molecule has 12 nitrogen and oxygen atoms in total. The third kappa shape index (κ3) is 8.17.